The highest BCUT2D eigenvalue weighted by molar-refractivity contribution is 7.27. The van der Waals surface area contributed by atoms with Crippen molar-refractivity contribution in [3.05, 3.63) is 82.7 Å². The van der Waals surface area contributed by atoms with E-state index in [0.29, 0.717) is 30.2 Å². The fourth-order valence-electron chi connectivity index (χ4n) is 3.88. The van der Waals surface area contributed by atoms with Crippen LogP contribution >= 0.6 is 9.24 Å². The molecule has 1 aliphatic rings. The Hall–Kier alpha value is -2.57. The van der Waals surface area contributed by atoms with Crippen molar-refractivity contribution in [3.8, 4) is 16.9 Å². The van der Waals surface area contributed by atoms with Gasteiger partial charge >= 0.3 is 0 Å². The fourth-order valence-corrected chi connectivity index (χ4v) is 4.04. The van der Waals surface area contributed by atoms with Gasteiger partial charge in [0.05, 0.1) is 11.7 Å². The normalized spacial score (nSPS) is 19.2. The Kier molecular flexibility index (Phi) is 7.20. The molecular formula is C25H21F6O2P. The van der Waals surface area contributed by atoms with Crippen molar-refractivity contribution in [2.75, 3.05) is 6.61 Å². The number of rotatable bonds is 5. The first-order chi connectivity index (χ1) is 16.1. The van der Waals surface area contributed by atoms with Crippen LogP contribution in [0.15, 0.2) is 42.5 Å². The summed E-state index contributed by atoms with van der Waals surface area (Å²) in [6.07, 6.45) is -1.26. The molecule has 1 fully saturated rings. The molecule has 9 heteroatoms. The van der Waals surface area contributed by atoms with Gasteiger partial charge in [-0.3, -0.25) is 0 Å². The summed E-state index contributed by atoms with van der Waals surface area (Å²) in [6, 6.07) is 7.21. The van der Waals surface area contributed by atoms with Gasteiger partial charge in [0, 0.05) is 29.6 Å². The molecule has 2 nitrogen and oxygen atoms in total. The molecular weight excluding hydrogens is 477 g/mol. The van der Waals surface area contributed by atoms with Crippen LogP contribution in [-0.2, 0) is 4.74 Å². The molecule has 0 radical (unpaired) electrons. The molecule has 1 aliphatic heterocycles. The Morgan fingerprint density at radius 1 is 0.882 bits per heavy atom. The van der Waals surface area contributed by atoms with Crippen LogP contribution in [0.1, 0.15) is 43.4 Å². The molecule has 0 aliphatic carbocycles. The zero-order chi connectivity index (χ0) is 24.6. The average molecular weight is 498 g/mol. The van der Waals surface area contributed by atoms with E-state index in [1.807, 2.05) is 9.24 Å². The van der Waals surface area contributed by atoms with Crippen LogP contribution in [0.4, 0.5) is 26.3 Å². The molecule has 4 unspecified atom stereocenters. The minimum absolute atomic E-state index is 0.0752. The summed E-state index contributed by atoms with van der Waals surface area (Å²) in [7, 11) is 1.83. The Bertz CT molecular complexity index is 1160. The van der Waals surface area contributed by atoms with Crippen molar-refractivity contribution in [1.82, 2.24) is 0 Å². The molecule has 4 rings (SSSR count). The van der Waals surface area contributed by atoms with Crippen LogP contribution in [-0.4, -0.2) is 6.61 Å². The van der Waals surface area contributed by atoms with E-state index >= 15 is 0 Å². The summed E-state index contributed by atoms with van der Waals surface area (Å²) < 4.78 is 96.4. The lowest BCUT2D eigenvalue weighted by molar-refractivity contribution is -0.0125. The van der Waals surface area contributed by atoms with E-state index < -0.39 is 46.8 Å². The number of ether oxygens (including phenoxy) is 2. The zero-order valence-electron chi connectivity index (χ0n) is 18.1. The molecule has 0 amide bonds. The molecule has 0 saturated carbocycles. The maximum absolute atomic E-state index is 14.8. The Morgan fingerprint density at radius 2 is 1.53 bits per heavy atom. The second kappa shape index (κ2) is 9.96. The van der Waals surface area contributed by atoms with Gasteiger partial charge in [0.2, 0.25) is 0 Å². The van der Waals surface area contributed by atoms with Crippen molar-refractivity contribution in [1.29, 1.82) is 0 Å². The van der Waals surface area contributed by atoms with Gasteiger partial charge in [-0.2, -0.15) is 4.39 Å². The van der Waals surface area contributed by atoms with Crippen LogP contribution in [0.3, 0.4) is 0 Å². The molecule has 0 spiro atoms. The quantitative estimate of drug-likeness (QED) is 0.276. The van der Waals surface area contributed by atoms with E-state index in [9.17, 15) is 26.3 Å². The second-order valence-corrected chi connectivity index (χ2v) is 8.91. The predicted octanol–water partition coefficient (Wildman–Crippen LogP) is 7.08. The molecule has 180 valence electrons. The Morgan fingerprint density at radius 3 is 2.09 bits per heavy atom. The molecule has 3 aromatic carbocycles. The molecule has 4 atom stereocenters. The van der Waals surface area contributed by atoms with Crippen molar-refractivity contribution >= 4 is 14.5 Å². The standard InChI is InChI=1S/C25H21F6O2P/c1-12-2-5-22(32-11-12)13-3-4-16(17(26)6-13)14-7-18(27)23(19(28)8-14)25(31)33-15-9-20(29)24(34)21(30)10-15/h3-4,6-10,12,22,25H,2,5,11,34H2,1H3. The van der Waals surface area contributed by atoms with Gasteiger partial charge in [-0.25, -0.2) is 22.0 Å². The third-order valence-electron chi connectivity index (χ3n) is 5.78. The van der Waals surface area contributed by atoms with E-state index in [1.165, 1.54) is 12.1 Å². The van der Waals surface area contributed by atoms with E-state index in [1.54, 1.807) is 6.07 Å². The summed E-state index contributed by atoms with van der Waals surface area (Å²) in [6.45, 7) is 2.63. The molecule has 0 N–H and O–H groups in total. The van der Waals surface area contributed by atoms with Gasteiger partial charge in [-0.05, 0) is 48.1 Å². The summed E-state index contributed by atoms with van der Waals surface area (Å²) in [5.41, 5.74) is -0.688. The highest BCUT2D eigenvalue weighted by atomic mass is 31.0. The zero-order valence-corrected chi connectivity index (χ0v) is 19.2. The highest BCUT2D eigenvalue weighted by Gasteiger charge is 2.25. The minimum atomic E-state index is -2.69. The molecule has 3 aromatic rings. The topological polar surface area (TPSA) is 18.5 Å². The highest BCUT2D eigenvalue weighted by Crippen LogP contribution is 2.35. The lowest BCUT2D eigenvalue weighted by Gasteiger charge is -2.27. The summed E-state index contributed by atoms with van der Waals surface area (Å²) >= 11 is 0. The third-order valence-corrected chi connectivity index (χ3v) is 6.33. The number of alkyl halides is 1. The first-order valence-electron chi connectivity index (χ1n) is 10.6. The number of halogens is 6. The van der Waals surface area contributed by atoms with E-state index in [4.69, 9.17) is 9.47 Å². The van der Waals surface area contributed by atoms with E-state index in [-0.39, 0.29) is 22.5 Å². The third kappa shape index (κ3) is 5.08. The largest absolute Gasteiger partial charge is 0.456 e. The van der Waals surface area contributed by atoms with Gasteiger partial charge in [-0.15, -0.1) is 0 Å². The first kappa shape index (κ1) is 24.6. The van der Waals surface area contributed by atoms with Crippen molar-refractivity contribution in [2.45, 2.75) is 32.2 Å². The fraction of sp³-hybridized carbons (Fsp3) is 0.280. The van der Waals surface area contributed by atoms with Crippen LogP contribution < -0.4 is 10.0 Å². The lowest BCUT2D eigenvalue weighted by atomic mass is 9.94. The van der Waals surface area contributed by atoms with Crippen molar-refractivity contribution < 1.29 is 35.8 Å². The minimum Gasteiger partial charge on any atom is -0.456 e. The average Bonchev–Trinajstić information content (AvgIpc) is 2.77. The smallest absolute Gasteiger partial charge is 0.269 e. The predicted molar refractivity (Wildman–Crippen MR) is 119 cm³/mol. The molecule has 1 heterocycles. The SMILES string of the molecule is CC1CCC(c2ccc(-c3cc(F)c(C(F)Oc4cc(F)c(P)c(F)c4)c(F)c3)c(F)c2)OC1. The van der Waals surface area contributed by atoms with Crippen LogP contribution in [0.2, 0.25) is 0 Å². The monoisotopic (exact) mass is 498 g/mol. The summed E-state index contributed by atoms with van der Waals surface area (Å²) in [5.74, 6) is -5.60. The van der Waals surface area contributed by atoms with E-state index in [0.717, 1.165) is 25.0 Å². The van der Waals surface area contributed by atoms with Crippen molar-refractivity contribution in [2.24, 2.45) is 5.92 Å². The van der Waals surface area contributed by atoms with Gasteiger partial charge in [0.1, 0.15) is 34.8 Å². The molecule has 0 bridgehead atoms. The summed E-state index contributed by atoms with van der Waals surface area (Å²) in [5, 5.41) is -0.387. The van der Waals surface area contributed by atoms with Crippen LogP contribution in [0.5, 0.6) is 5.75 Å². The van der Waals surface area contributed by atoms with Gasteiger partial charge < -0.3 is 9.47 Å². The van der Waals surface area contributed by atoms with Crippen molar-refractivity contribution in [3.63, 3.8) is 0 Å². The number of hydrogen-bond acceptors (Lipinski definition) is 2. The van der Waals surface area contributed by atoms with Gasteiger partial charge in [-0.1, -0.05) is 28.3 Å². The maximum atomic E-state index is 14.8. The van der Waals surface area contributed by atoms with Gasteiger partial charge in [0.15, 0.2) is 0 Å². The lowest BCUT2D eigenvalue weighted by Crippen LogP contribution is -2.18. The molecule has 1 saturated heterocycles. The van der Waals surface area contributed by atoms with Crippen LogP contribution in [0, 0.1) is 35.0 Å². The van der Waals surface area contributed by atoms with Crippen LogP contribution in [0.25, 0.3) is 11.1 Å². The number of hydrogen-bond donors (Lipinski definition) is 0. The number of benzene rings is 3. The second-order valence-electron chi connectivity index (χ2n) is 8.33. The summed E-state index contributed by atoms with van der Waals surface area (Å²) in [4.78, 5) is 0. The first-order valence-corrected chi connectivity index (χ1v) is 11.2. The Balaban J connectivity index is 1.57. The van der Waals surface area contributed by atoms with E-state index in [2.05, 4.69) is 6.92 Å². The molecule has 34 heavy (non-hydrogen) atoms. The van der Waals surface area contributed by atoms with Gasteiger partial charge in [0.25, 0.3) is 6.36 Å². The Labute approximate surface area is 195 Å². The maximum Gasteiger partial charge on any atom is 0.269 e. The molecule has 0 aromatic heterocycles.